The molecular formula is C35H39N3O6S. The van der Waals surface area contributed by atoms with Crippen molar-refractivity contribution in [1.29, 1.82) is 0 Å². The van der Waals surface area contributed by atoms with Crippen molar-refractivity contribution in [1.82, 2.24) is 10.2 Å². The molecule has 0 radical (unpaired) electrons. The zero-order chi connectivity index (χ0) is 32.6. The number of nitrogens with zero attached hydrogens (tertiary/aromatic N) is 2. The summed E-state index contributed by atoms with van der Waals surface area (Å²) in [7, 11) is 0.210. The van der Waals surface area contributed by atoms with E-state index in [1.54, 1.807) is 24.3 Å². The third-order valence-corrected chi connectivity index (χ3v) is 9.32. The third kappa shape index (κ3) is 8.02. The van der Waals surface area contributed by atoms with E-state index in [1.165, 1.54) is 44.4 Å². The Bertz CT molecular complexity index is 1710. The lowest BCUT2D eigenvalue weighted by molar-refractivity contribution is -0.139. The van der Waals surface area contributed by atoms with Crippen LogP contribution in [0.4, 0.5) is 5.69 Å². The number of rotatable bonds is 13. The molecule has 45 heavy (non-hydrogen) atoms. The first-order chi connectivity index (χ1) is 21.6. The first-order valence-electron chi connectivity index (χ1n) is 14.5. The van der Waals surface area contributed by atoms with Crippen LogP contribution in [0.2, 0.25) is 0 Å². The Morgan fingerprint density at radius 3 is 1.96 bits per heavy atom. The second-order valence-corrected chi connectivity index (χ2v) is 12.6. The maximum Gasteiger partial charge on any atom is 0.264 e. The predicted molar refractivity (Wildman–Crippen MR) is 175 cm³/mol. The van der Waals surface area contributed by atoms with Crippen molar-refractivity contribution in [3.8, 4) is 11.5 Å². The number of hydrogen-bond donors (Lipinski definition) is 1. The van der Waals surface area contributed by atoms with E-state index < -0.39 is 28.5 Å². The number of aryl methyl sites for hydroxylation is 2. The molecule has 2 amide bonds. The van der Waals surface area contributed by atoms with Crippen LogP contribution in [0.25, 0.3) is 0 Å². The molecule has 0 bridgehead atoms. The Balaban J connectivity index is 1.82. The molecule has 4 rings (SSSR count). The number of carbonyl (C=O) groups excluding carboxylic acids is 2. The second kappa shape index (κ2) is 14.8. The van der Waals surface area contributed by atoms with E-state index in [-0.39, 0.29) is 29.5 Å². The minimum atomic E-state index is -4.24. The van der Waals surface area contributed by atoms with Gasteiger partial charge in [-0.2, -0.15) is 0 Å². The smallest absolute Gasteiger partial charge is 0.264 e. The van der Waals surface area contributed by atoms with Gasteiger partial charge in [0.2, 0.25) is 11.8 Å². The Hall–Kier alpha value is -4.83. The molecule has 4 aromatic carbocycles. The molecular weight excluding hydrogens is 590 g/mol. The number of benzene rings is 4. The molecule has 0 unspecified atom stereocenters. The van der Waals surface area contributed by atoms with Crippen LogP contribution in [0.1, 0.15) is 22.3 Å². The SMILES string of the molecule is CNC(=O)[C@@H](Cc1ccccc1)N(Cc1ccc(C)cc1)C(=O)CN(c1ccc(OC)c(OC)c1)S(=O)(=O)c1ccc(C)cc1. The normalized spacial score (nSPS) is 11.8. The number of hydrogen-bond acceptors (Lipinski definition) is 6. The maximum atomic E-state index is 14.4. The molecule has 0 saturated carbocycles. The molecule has 10 heteroatoms. The van der Waals surface area contributed by atoms with Gasteiger partial charge in [-0.05, 0) is 49.2 Å². The van der Waals surface area contributed by atoms with Gasteiger partial charge in [0.25, 0.3) is 10.0 Å². The summed E-state index contributed by atoms with van der Waals surface area (Å²) in [5, 5.41) is 2.69. The number of carbonyl (C=O) groups is 2. The summed E-state index contributed by atoms with van der Waals surface area (Å²) in [4.78, 5) is 29.3. The van der Waals surface area contributed by atoms with Crippen molar-refractivity contribution in [2.45, 2.75) is 37.8 Å². The first kappa shape index (κ1) is 33.1. The number of amides is 2. The lowest BCUT2D eigenvalue weighted by atomic mass is 10.0. The van der Waals surface area contributed by atoms with Gasteiger partial charge in [0.15, 0.2) is 11.5 Å². The summed E-state index contributed by atoms with van der Waals surface area (Å²) in [6.45, 7) is 3.35. The number of sulfonamides is 1. The minimum absolute atomic E-state index is 0.0212. The van der Waals surface area contributed by atoms with Crippen molar-refractivity contribution in [2.24, 2.45) is 0 Å². The van der Waals surface area contributed by atoms with Gasteiger partial charge in [0.1, 0.15) is 12.6 Å². The molecule has 9 nitrogen and oxygen atoms in total. The molecule has 236 valence electrons. The van der Waals surface area contributed by atoms with E-state index >= 15 is 0 Å². The van der Waals surface area contributed by atoms with Crippen LogP contribution in [-0.2, 0) is 32.6 Å². The van der Waals surface area contributed by atoms with Crippen LogP contribution >= 0.6 is 0 Å². The van der Waals surface area contributed by atoms with Crippen LogP contribution in [0.5, 0.6) is 11.5 Å². The Kier molecular flexibility index (Phi) is 10.9. The molecule has 0 aliphatic carbocycles. The largest absolute Gasteiger partial charge is 0.493 e. The Morgan fingerprint density at radius 1 is 0.778 bits per heavy atom. The number of likely N-dealkylation sites (N-methyl/N-ethyl adjacent to an activating group) is 1. The molecule has 0 heterocycles. The predicted octanol–water partition coefficient (Wildman–Crippen LogP) is 4.90. The molecule has 0 spiro atoms. The molecule has 0 fully saturated rings. The number of nitrogens with one attached hydrogen (secondary N) is 1. The summed E-state index contributed by atoms with van der Waals surface area (Å²) in [6, 6.07) is 27.2. The van der Waals surface area contributed by atoms with Gasteiger partial charge < -0.3 is 19.7 Å². The van der Waals surface area contributed by atoms with Gasteiger partial charge >= 0.3 is 0 Å². The van der Waals surface area contributed by atoms with E-state index in [0.717, 1.165) is 26.6 Å². The quantitative estimate of drug-likeness (QED) is 0.226. The molecule has 1 N–H and O–H groups in total. The van der Waals surface area contributed by atoms with Gasteiger partial charge in [0.05, 0.1) is 24.8 Å². The van der Waals surface area contributed by atoms with E-state index in [4.69, 9.17) is 9.47 Å². The average Bonchev–Trinajstić information content (AvgIpc) is 3.05. The molecule has 4 aromatic rings. The lowest BCUT2D eigenvalue weighted by Crippen LogP contribution is -2.53. The molecule has 0 aliphatic rings. The highest BCUT2D eigenvalue weighted by Crippen LogP contribution is 2.34. The van der Waals surface area contributed by atoms with Gasteiger partial charge in [-0.25, -0.2) is 8.42 Å². The van der Waals surface area contributed by atoms with Crippen molar-refractivity contribution < 1.29 is 27.5 Å². The minimum Gasteiger partial charge on any atom is -0.493 e. The highest BCUT2D eigenvalue weighted by atomic mass is 32.2. The van der Waals surface area contributed by atoms with Gasteiger partial charge in [-0.1, -0.05) is 77.9 Å². The van der Waals surface area contributed by atoms with Gasteiger partial charge in [-0.3, -0.25) is 13.9 Å². The summed E-state index contributed by atoms with van der Waals surface area (Å²) in [6.07, 6.45) is 0.235. The summed E-state index contributed by atoms with van der Waals surface area (Å²) in [5.74, 6) is -0.205. The summed E-state index contributed by atoms with van der Waals surface area (Å²) < 4.78 is 40.3. The van der Waals surface area contributed by atoms with E-state index in [2.05, 4.69) is 5.32 Å². The fourth-order valence-electron chi connectivity index (χ4n) is 4.96. The van der Waals surface area contributed by atoms with Crippen molar-refractivity contribution in [3.05, 3.63) is 119 Å². The van der Waals surface area contributed by atoms with E-state index in [0.29, 0.717) is 11.5 Å². The summed E-state index contributed by atoms with van der Waals surface area (Å²) in [5.41, 5.74) is 3.80. The van der Waals surface area contributed by atoms with Crippen molar-refractivity contribution in [3.63, 3.8) is 0 Å². The zero-order valence-electron chi connectivity index (χ0n) is 26.2. The highest BCUT2D eigenvalue weighted by Gasteiger charge is 2.34. The Labute approximate surface area is 265 Å². The van der Waals surface area contributed by atoms with Crippen LogP contribution in [-0.4, -0.2) is 59.0 Å². The summed E-state index contributed by atoms with van der Waals surface area (Å²) >= 11 is 0. The fourth-order valence-corrected chi connectivity index (χ4v) is 6.36. The van der Waals surface area contributed by atoms with E-state index in [9.17, 15) is 18.0 Å². The molecule has 0 aliphatic heterocycles. The van der Waals surface area contributed by atoms with Crippen LogP contribution in [0.15, 0.2) is 102 Å². The molecule has 0 aromatic heterocycles. The van der Waals surface area contributed by atoms with Gasteiger partial charge in [0, 0.05) is 26.1 Å². The number of methoxy groups -OCH3 is 2. The lowest BCUT2D eigenvalue weighted by Gasteiger charge is -2.33. The van der Waals surface area contributed by atoms with Crippen LogP contribution in [0.3, 0.4) is 0 Å². The van der Waals surface area contributed by atoms with Crippen LogP contribution < -0.4 is 19.1 Å². The van der Waals surface area contributed by atoms with E-state index in [1.807, 2.05) is 68.4 Å². The monoisotopic (exact) mass is 629 g/mol. The topological polar surface area (TPSA) is 105 Å². The van der Waals surface area contributed by atoms with Crippen LogP contribution in [0, 0.1) is 13.8 Å². The molecule has 0 saturated heterocycles. The zero-order valence-corrected chi connectivity index (χ0v) is 27.0. The highest BCUT2D eigenvalue weighted by molar-refractivity contribution is 7.92. The maximum absolute atomic E-state index is 14.4. The second-order valence-electron chi connectivity index (χ2n) is 10.7. The van der Waals surface area contributed by atoms with Gasteiger partial charge in [-0.15, -0.1) is 0 Å². The van der Waals surface area contributed by atoms with Crippen molar-refractivity contribution >= 4 is 27.5 Å². The standard InChI is InChI=1S/C35H39N3O6S/c1-25-11-15-28(16-12-25)23-37(31(35(40)36-3)21-27-9-7-6-8-10-27)34(39)24-38(29-17-20-32(43-4)33(22-29)44-5)45(41,42)30-18-13-26(2)14-19-30/h6-20,22,31H,21,23-24H2,1-5H3,(H,36,40)/t31-/m1/s1. The van der Waals surface area contributed by atoms with Crippen molar-refractivity contribution in [2.75, 3.05) is 32.1 Å². The fraction of sp³-hybridized carbons (Fsp3) is 0.257. The average molecular weight is 630 g/mol. The number of ether oxygens (including phenoxy) is 2. The number of anilines is 1. The first-order valence-corrected chi connectivity index (χ1v) is 15.9. The third-order valence-electron chi connectivity index (χ3n) is 7.53. The Morgan fingerprint density at radius 2 is 1.38 bits per heavy atom. The molecule has 1 atom stereocenters.